The zero-order valence-corrected chi connectivity index (χ0v) is 16.9. The van der Waals surface area contributed by atoms with Crippen molar-refractivity contribution in [3.63, 3.8) is 0 Å². The molecule has 1 aliphatic rings. The molecule has 9 nitrogen and oxygen atoms in total. The fourth-order valence-corrected chi connectivity index (χ4v) is 3.30. The van der Waals surface area contributed by atoms with Crippen LogP contribution in [0.3, 0.4) is 0 Å². The smallest absolute Gasteiger partial charge is 0.269 e. The lowest BCUT2D eigenvalue weighted by molar-refractivity contribution is 0.0945. The Kier molecular flexibility index (Phi) is 6.19. The third-order valence-electron chi connectivity index (χ3n) is 4.89. The van der Waals surface area contributed by atoms with E-state index in [1.54, 1.807) is 24.1 Å². The van der Waals surface area contributed by atoms with Gasteiger partial charge in [-0.25, -0.2) is 9.97 Å². The molecule has 0 bridgehead atoms. The molecule has 30 heavy (non-hydrogen) atoms. The van der Waals surface area contributed by atoms with Crippen LogP contribution in [0, 0.1) is 0 Å². The molecular formula is C21H25N7O2. The molecule has 0 spiro atoms. The average Bonchev–Trinajstić information content (AvgIpc) is 3.20. The predicted molar refractivity (Wildman–Crippen MR) is 115 cm³/mol. The first-order chi connectivity index (χ1) is 14.7. The standard InChI is InChI=1S/C21H25N7O2/c1-27-18(13-17(26-27)16-5-3-2-4-6-16)21(29)23-8-7-22-19-14-20(25-15-24-19)28-9-11-30-12-10-28/h2-6,13-15H,7-12H2,1H3,(H,23,29)(H,22,24,25). The average molecular weight is 407 g/mol. The van der Waals surface area contributed by atoms with E-state index in [1.807, 2.05) is 36.4 Å². The van der Waals surface area contributed by atoms with Crippen molar-refractivity contribution in [2.45, 2.75) is 0 Å². The molecule has 2 N–H and O–H groups in total. The highest BCUT2D eigenvalue weighted by atomic mass is 16.5. The fourth-order valence-electron chi connectivity index (χ4n) is 3.30. The Labute approximate surface area is 175 Å². The summed E-state index contributed by atoms with van der Waals surface area (Å²) in [4.78, 5) is 23.3. The van der Waals surface area contributed by atoms with Gasteiger partial charge in [-0.05, 0) is 6.07 Å². The van der Waals surface area contributed by atoms with Gasteiger partial charge in [-0.15, -0.1) is 0 Å². The molecule has 0 aliphatic carbocycles. The number of ether oxygens (including phenoxy) is 1. The van der Waals surface area contributed by atoms with Crippen molar-refractivity contribution in [1.82, 2.24) is 25.1 Å². The maximum atomic E-state index is 12.5. The van der Waals surface area contributed by atoms with E-state index in [4.69, 9.17) is 4.74 Å². The van der Waals surface area contributed by atoms with Gasteiger partial charge in [0.1, 0.15) is 23.7 Å². The number of aromatic nitrogens is 4. The molecule has 2 aromatic heterocycles. The molecule has 156 valence electrons. The first-order valence-corrected chi connectivity index (χ1v) is 9.97. The molecule has 3 heterocycles. The van der Waals surface area contributed by atoms with Crippen molar-refractivity contribution in [3.05, 3.63) is 54.5 Å². The van der Waals surface area contributed by atoms with Crippen LogP contribution in [-0.2, 0) is 11.8 Å². The summed E-state index contributed by atoms with van der Waals surface area (Å²) in [5.74, 6) is 1.45. The number of hydrogen-bond acceptors (Lipinski definition) is 7. The normalized spacial score (nSPS) is 13.8. The molecule has 1 fully saturated rings. The number of hydrogen-bond donors (Lipinski definition) is 2. The largest absolute Gasteiger partial charge is 0.378 e. The highest BCUT2D eigenvalue weighted by Gasteiger charge is 2.15. The van der Waals surface area contributed by atoms with Crippen LogP contribution in [0.5, 0.6) is 0 Å². The summed E-state index contributed by atoms with van der Waals surface area (Å²) in [7, 11) is 1.77. The van der Waals surface area contributed by atoms with E-state index < -0.39 is 0 Å². The van der Waals surface area contributed by atoms with Gasteiger partial charge in [-0.1, -0.05) is 30.3 Å². The van der Waals surface area contributed by atoms with Gasteiger partial charge in [0.05, 0.1) is 18.9 Å². The number of nitrogens with zero attached hydrogens (tertiary/aromatic N) is 5. The minimum Gasteiger partial charge on any atom is -0.378 e. The van der Waals surface area contributed by atoms with Gasteiger partial charge >= 0.3 is 0 Å². The molecule has 1 amide bonds. The molecule has 0 unspecified atom stereocenters. The van der Waals surface area contributed by atoms with Crippen LogP contribution in [-0.4, -0.2) is 65.0 Å². The van der Waals surface area contributed by atoms with Crippen molar-refractivity contribution in [2.75, 3.05) is 49.6 Å². The quantitative estimate of drug-likeness (QED) is 0.574. The maximum absolute atomic E-state index is 12.5. The van der Waals surface area contributed by atoms with Crippen molar-refractivity contribution in [2.24, 2.45) is 7.05 Å². The Bertz CT molecular complexity index is 984. The molecule has 0 atom stereocenters. The van der Waals surface area contributed by atoms with Gasteiger partial charge in [-0.3, -0.25) is 9.48 Å². The number of morpholine rings is 1. The van der Waals surface area contributed by atoms with E-state index in [2.05, 4.69) is 30.6 Å². The summed E-state index contributed by atoms with van der Waals surface area (Å²) in [6.07, 6.45) is 1.55. The predicted octanol–water partition coefficient (Wildman–Crippen LogP) is 1.56. The Balaban J connectivity index is 1.29. The number of nitrogens with one attached hydrogen (secondary N) is 2. The van der Waals surface area contributed by atoms with Crippen LogP contribution >= 0.6 is 0 Å². The number of carbonyl (C=O) groups excluding carboxylic acids is 1. The summed E-state index contributed by atoms with van der Waals surface area (Å²) >= 11 is 0. The van der Waals surface area contributed by atoms with Crippen LogP contribution in [0.15, 0.2) is 48.8 Å². The van der Waals surface area contributed by atoms with Gasteiger partial charge in [0, 0.05) is 44.9 Å². The summed E-state index contributed by atoms with van der Waals surface area (Å²) in [5.41, 5.74) is 2.28. The summed E-state index contributed by atoms with van der Waals surface area (Å²) in [6.45, 7) is 4.07. The fraction of sp³-hybridized carbons (Fsp3) is 0.333. The third kappa shape index (κ3) is 4.74. The van der Waals surface area contributed by atoms with Crippen molar-refractivity contribution in [1.29, 1.82) is 0 Å². The van der Waals surface area contributed by atoms with E-state index in [9.17, 15) is 4.79 Å². The number of amides is 1. The molecule has 0 saturated carbocycles. The number of rotatable bonds is 7. The van der Waals surface area contributed by atoms with Crippen molar-refractivity contribution < 1.29 is 9.53 Å². The SMILES string of the molecule is Cn1nc(-c2ccccc2)cc1C(=O)NCCNc1cc(N2CCOCC2)ncn1. The molecule has 1 aliphatic heterocycles. The molecule has 0 radical (unpaired) electrons. The van der Waals surface area contributed by atoms with Crippen LogP contribution in [0.4, 0.5) is 11.6 Å². The highest BCUT2D eigenvalue weighted by molar-refractivity contribution is 5.93. The molecule has 4 rings (SSSR count). The third-order valence-corrected chi connectivity index (χ3v) is 4.89. The van der Waals surface area contributed by atoms with Crippen LogP contribution in [0.25, 0.3) is 11.3 Å². The van der Waals surface area contributed by atoms with E-state index in [0.29, 0.717) is 32.0 Å². The topological polar surface area (TPSA) is 97.2 Å². The van der Waals surface area contributed by atoms with Crippen LogP contribution in [0.2, 0.25) is 0 Å². The summed E-state index contributed by atoms with van der Waals surface area (Å²) in [6, 6.07) is 13.5. The highest BCUT2D eigenvalue weighted by Crippen LogP contribution is 2.18. The second-order valence-electron chi connectivity index (χ2n) is 6.95. The second kappa shape index (κ2) is 9.36. The Morgan fingerprint density at radius 3 is 2.70 bits per heavy atom. The van der Waals surface area contributed by atoms with E-state index >= 15 is 0 Å². The lowest BCUT2D eigenvalue weighted by atomic mass is 10.1. The molecule has 1 aromatic carbocycles. The summed E-state index contributed by atoms with van der Waals surface area (Å²) in [5, 5.41) is 10.6. The van der Waals surface area contributed by atoms with E-state index in [1.165, 1.54) is 0 Å². The molecule has 9 heteroatoms. The van der Waals surface area contributed by atoms with Gasteiger partial charge < -0.3 is 20.3 Å². The zero-order valence-electron chi connectivity index (χ0n) is 16.9. The maximum Gasteiger partial charge on any atom is 0.269 e. The second-order valence-corrected chi connectivity index (χ2v) is 6.95. The van der Waals surface area contributed by atoms with Crippen molar-refractivity contribution >= 4 is 17.5 Å². The van der Waals surface area contributed by atoms with Gasteiger partial charge in [0.25, 0.3) is 5.91 Å². The molecule has 1 saturated heterocycles. The Morgan fingerprint density at radius 2 is 1.90 bits per heavy atom. The number of aryl methyl sites for hydroxylation is 1. The van der Waals surface area contributed by atoms with E-state index in [-0.39, 0.29) is 5.91 Å². The van der Waals surface area contributed by atoms with Crippen molar-refractivity contribution in [3.8, 4) is 11.3 Å². The molecular weight excluding hydrogens is 382 g/mol. The van der Waals surface area contributed by atoms with Crippen LogP contribution < -0.4 is 15.5 Å². The first-order valence-electron chi connectivity index (χ1n) is 9.97. The lowest BCUT2D eigenvalue weighted by Gasteiger charge is -2.27. The number of benzene rings is 1. The monoisotopic (exact) mass is 407 g/mol. The minimum atomic E-state index is -0.161. The number of anilines is 2. The Morgan fingerprint density at radius 1 is 1.10 bits per heavy atom. The van der Waals surface area contributed by atoms with Gasteiger partial charge in [0.15, 0.2) is 0 Å². The number of carbonyl (C=O) groups is 1. The Hall–Kier alpha value is -3.46. The summed E-state index contributed by atoms with van der Waals surface area (Å²) < 4.78 is 6.98. The van der Waals surface area contributed by atoms with E-state index in [0.717, 1.165) is 36.0 Å². The zero-order chi connectivity index (χ0) is 20.8. The van der Waals surface area contributed by atoms with Crippen LogP contribution in [0.1, 0.15) is 10.5 Å². The van der Waals surface area contributed by atoms with Gasteiger partial charge in [-0.2, -0.15) is 5.10 Å². The first kappa shape index (κ1) is 19.8. The van der Waals surface area contributed by atoms with Gasteiger partial charge in [0.2, 0.25) is 0 Å². The lowest BCUT2D eigenvalue weighted by Crippen LogP contribution is -2.36. The molecule has 3 aromatic rings. The minimum absolute atomic E-state index is 0.161.